The first-order valence-electron chi connectivity index (χ1n) is 7.38. The summed E-state index contributed by atoms with van der Waals surface area (Å²) in [4.78, 5) is 11.9. The number of halogens is 1. The van der Waals surface area contributed by atoms with Gasteiger partial charge < -0.3 is 4.42 Å². The molecule has 1 N–H and O–H groups in total. The molecule has 1 heterocycles. The van der Waals surface area contributed by atoms with E-state index < -0.39 is 0 Å². The third kappa shape index (κ3) is 3.81. The highest BCUT2D eigenvalue weighted by molar-refractivity contribution is 9.10. The molecule has 0 radical (unpaired) electrons. The van der Waals surface area contributed by atoms with Crippen LogP contribution in [0.3, 0.4) is 0 Å². The summed E-state index contributed by atoms with van der Waals surface area (Å²) in [5.41, 5.74) is 5.17. The molecule has 0 saturated carbocycles. The Morgan fingerprint density at radius 2 is 1.92 bits per heavy atom. The minimum absolute atomic E-state index is 0.263. The molecule has 1 aromatic heterocycles. The third-order valence-corrected chi connectivity index (χ3v) is 4.33. The fourth-order valence-corrected chi connectivity index (χ4v) is 2.51. The number of hydrazone groups is 1. The van der Waals surface area contributed by atoms with Crippen molar-refractivity contribution in [2.24, 2.45) is 5.10 Å². The van der Waals surface area contributed by atoms with Crippen LogP contribution >= 0.6 is 15.9 Å². The molecule has 0 spiro atoms. The predicted octanol–water partition coefficient (Wildman–Crippen LogP) is 4.78. The van der Waals surface area contributed by atoms with Crippen LogP contribution in [0.5, 0.6) is 0 Å². The van der Waals surface area contributed by atoms with Gasteiger partial charge in [-0.15, -0.1) is 0 Å². The second-order valence-electron chi connectivity index (χ2n) is 5.23. The van der Waals surface area contributed by atoms with E-state index in [1.54, 1.807) is 30.3 Å². The number of nitrogens with zero attached hydrogens (tertiary/aromatic N) is 1. The third-order valence-electron chi connectivity index (χ3n) is 3.48. The molecule has 0 saturated heterocycles. The zero-order valence-corrected chi connectivity index (χ0v) is 14.6. The van der Waals surface area contributed by atoms with Crippen LogP contribution < -0.4 is 5.43 Å². The number of benzene rings is 2. The Labute approximate surface area is 148 Å². The van der Waals surface area contributed by atoms with Crippen molar-refractivity contribution in [1.82, 2.24) is 5.43 Å². The van der Waals surface area contributed by atoms with Crippen LogP contribution in [-0.4, -0.2) is 12.1 Å². The molecule has 120 valence electrons. The zero-order valence-electron chi connectivity index (χ0n) is 13.0. The molecular formula is C19H15BrN2O2. The molecule has 0 aliphatic carbocycles. The van der Waals surface area contributed by atoms with Gasteiger partial charge in [0, 0.05) is 15.6 Å². The number of carbonyl (C=O) groups is 1. The van der Waals surface area contributed by atoms with E-state index in [2.05, 4.69) is 26.5 Å². The first kappa shape index (κ1) is 16.2. The lowest BCUT2D eigenvalue weighted by molar-refractivity contribution is 0.0955. The number of carbonyl (C=O) groups excluding carboxylic acids is 1. The van der Waals surface area contributed by atoms with Gasteiger partial charge in [-0.2, -0.15) is 5.10 Å². The van der Waals surface area contributed by atoms with E-state index in [-0.39, 0.29) is 5.91 Å². The summed E-state index contributed by atoms with van der Waals surface area (Å²) in [5.74, 6) is 1.04. The van der Waals surface area contributed by atoms with E-state index in [0.717, 1.165) is 21.4 Å². The minimum atomic E-state index is -0.263. The highest BCUT2D eigenvalue weighted by Crippen LogP contribution is 2.26. The number of furan rings is 1. The Kier molecular flexibility index (Phi) is 4.91. The van der Waals surface area contributed by atoms with Gasteiger partial charge >= 0.3 is 0 Å². The van der Waals surface area contributed by atoms with Crippen molar-refractivity contribution < 1.29 is 9.21 Å². The lowest BCUT2D eigenvalue weighted by Crippen LogP contribution is -2.17. The van der Waals surface area contributed by atoms with Gasteiger partial charge in [-0.1, -0.05) is 46.3 Å². The van der Waals surface area contributed by atoms with E-state index in [1.807, 2.05) is 37.3 Å². The molecule has 0 bridgehead atoms. The summed E-state index contributed by atoms with van der Waals surface area (Å²) in [6, 6.07) is 18.6. The molecule has 0 aliphatic heterocycles. The van der Waals surface area contributed by atoms with Crippen molar-refractivity contribution in [3.8, 4) is 11.3 Å². The summed E-state index contributed by atoms with van der Waals surface area (Å²) >= 11 is 3.51. The first-order valence-corrected chi connectivity index (χ1v) is 8.17. The van der Waals surface area contributed by atoms with Gasteiger partial charge in [0.05, 0.1) is 6.21 Å². The normalized spacial score (nSPS) is 10.9. The van der Waals surface area contributed by atoms with Crippen LogP contribution in [0, 0.1) is 6.92 Å². The van der Waals surface area contributed by atoms with Gasteiger partial charge in [0.1, 0.15) is 11.5 Å². The highest BCUT2D eigenvalue weighted by Gasteiger charge is 2.06. The lowest BCUT2D eigenvalue weighted by Gasteiger charge is -2.01. The number of hydrogen-bond acceptors (Lipinski definition) is 3. The average molecular weight is 383 g/mol. The number of amides is 1. The zero-order chi connectivity index (χ0) is 16.9. The maximum Gasteiger partial charge on any atom is 0.271 e. The summed E-state index contributed by atoms with van der Waals surface area (Å²) in [5, 5.41) is 3.93. The fraction of sp³-hybridized carbons (Fsp3) is 0.0526. The molecule has 0 fully saturated rings. The van der Waals surface area contributed by atoms with Crippen LogP contribution in [0.1, 0.15) is 21.7 Å². The predicted molar refractivity (Wildman–Crippen MR) is 98.1 cm³/mol. The standard InChI is InChI=1S/C19H15BrN2O2/c1-13-7-8-15(11-17(13)20)18-10-9-16(24-18)12-21-22-19(23)14-5-3-2-4-6-14/h2-12H,1H3,(H,22,23)/b21-12-. The molecule has 0 aliphatic rings. The highest BCUT2D eigenvalue weighted by atomic mass is 79.9. The molecule has 2 aromatic carbocycles. The summed E-state index contributed by atoms with van der Waals surface area (Å²) in [6.07, 6.45) is 1.48. The van der Waals surface area contributed by atoms with E-state index >= 15 is 0 Å². The number of hydrogen-bond donors (Lipinski definition) is 1. The van der Waals surface area contributed by atoms with E-state index in [0.29, 0.717) is 11.3 Å². The smallest absolute Gasteiger partial charge is 0.271 e. The summed E-state index contributed by atoms with van der Waals surface area (Å²) in [7, 11) is 0. The fourth-order valence-electron chi connectivity index (χ4n) is 2.13. The molecule has 0 unspecified atom stereocenters. The van der Waals surface area contributed by atoms with Gasteiger partial charge in [0.2, 0.25) is 0 Å². The van der Waals surface area contributed by atoms with E-state index in [4.69, 9.17) is 4.42 Å². The summed E-state index contributed by atoms with van der Waals surface area (Å²) in [6.45, 7) is 2.03. The minimum Gasteiger partial charge on any atom is -0.455 e. The van der Waals surface area contributed by atoms with Gasteiger partial charge in [-0.3, -0.25) is 4.79 Å². The molecule has 3 aromatic rings. The topological polar surface area (TPSA) is 54.6 Å². The van der Waals surface area contributed by atoms with Crippen molar-refractivity contribution in [2.75, 3.05) is 0 Å². The van der Waals surface area contributed by atoms with Gasteiger partial charge in [-0.05, 0) is 42.8 Å². The molecule has 0 atom stereocenters. The molecule has 4 nitrogen and oxygen atoms in total. The van der Waals surface area contributed by atoms with E-state index in [9.17, 15) is 4.79 Å². The monoisotopic (exact) mass is 382 g/mol. The first-order chi connectivity index (χ1) is 11.6. The lowest BCUT2D eigenvalue weighted by atomic mass is 10.1. The van der Waals surface area contributed by atoms with Gasteiger partial charge in [0.25, 0.3) is 5.91 Å². The number of aryl methyl sites for hydroxylation is 1. The Bertz CT molecular complexity index is 885. The van der Waals surface area contributed by atoms with Crippen molar-refractivity contribution >= 4 is 28.1 Å². The van der Waals surface area contributed by atoms with Gasteiger partial charge in [0.15, 0.2) is 0 Å². The van der Waals surface area contributed by atoms with Crippen LogP contribution in [0.2, 0.25) is 0 Å². The molecule has 1 amide bonds. The number of nitrogens with one attached hydrogen (secondary N) is 1. The second-order valence-corrected chi connectivity index (χ2v) is 6.09. The van der Waals surface area contributed by atoms with Gasteiger partial charge in [-0.25, -0.2) is 5.43 Å². The Morgan fingerprint density at radius 1 is 1.12 bits per heavy atom. The summed E-state index contributed by atoms with van der Waals surface area (Å²) < 4.78 is 6.76. The molecular weight excluding hydrogens is 368 g/mol. The number of rotatable bonds is 4. The quantitative estimate of drug-likeness (QED) is 0.521. The van der Waals surface area contributed by atoms with Crippen molar-refractivity contribution in [3.63, 3.8) is 0 Å². The molecule has 3 rings (SSSR count). The average Bonchev–Trinajstić information content (AvgIpc) is 3.07. The Balaban J connectivity index is 1.67. The molecule has 24 heavy (non-hydrogen) atoms. The van der Waals surface area contributed by atoms with Crippen LogP contribution in [0.4, 0.5) is 0 Å². The molecule has 5 heteroatoms. The van der Waals surface area contributed by atoms with Crippen LogP contribution in [0.15, 0.2) is 74.7 Å². The van der Waals surface area contributed by atoms with Crippen LogP contribution in [0.25, 0.3) is 11.3 Å². The maximum absolute atomic E-state index is 11.9. The van der Waals surface area contributed by atoms with Crippen molar-refractivity contribution in [3.05, 3.63) is 82.0 Å². The Morgan fingerprint density at radius 3 is 2.67 bits per heavy atom. The second kappa shape index (κ2) is 7.27. The SMILES string of the molecule is Cc1ccc(-c2ccc(/C=N\NC(=O)c3ccccc3)o2)cc1Br. The largest absolute Gasteiger partial charge is 0.455 e. The van der Waals surface area contributed by atoms with Crippen LogP contribution in [-0.2, 0) is 0 Å². The van der Waals surface area contributed by atoms with Crippen molar-refractivity contribution in [2.45, 2.75) is 6.92 Å². The van der Waals surface area contributed by atoms with E-state index in [1.165, 1.54) is 6.21 Å². The van der Waals surface area contributed by atoms with Crippen molar-refractivity contribution in [1.29, 1.82) is 0 Å². The maximum atomic E-state index is 11.9. The Hall–Kier alpha value is -2.66.